The summed E-state index contributed by atoms with van der Waals surface area (Å²) in [5.41, 5.74) is 0.755. The average molecular weight is 342 g/mol. The van der Waals surface area contributed by atoms with Gasteiger partial charge in [0, 0.05) is 12.6 Å². The van der Waals surface area contributed by atoms with Crippen molar-refractivity contribution >= 4 is 17.8 Å². The predicted octanol–water partition coefficient (Wildman–Crippen LogP) is 1.19. The summed E-state index contributed by atoms with van der Waals surface area (Å²) in [6.07, 6.45) is 3.52. The molecule has 1 aliphatic heterocycles. The van der Waals surface area contributed by atoms with Crippen LogP contribution in [0.2, 0.25) is 0 Å². The third-order valence-corrected chi connectivity index (χ3v) is 3.85. The molecular weight excluding hydrogens is 324 g/mol. The number of rotatable bonds is 7. The number of furan rings is 1. The van der Waals surface area contributed by atoms with Gasteiger partial charge >= 0.3 is 6.03 Å². The molecule has 0 aliphatic carbocycles. The number of pyridine rings is 1. The largest absolute Gasteiger partial charge is 0.467 e. The van der Waals surface area contributed by atoms with Crippen molar-refractivity contribution in [1.82, 2.24) is 20.5 Å². The Morgan fingerprint density at radius 3 is 2.88 bits per heavy atom. The van der Waals surface area contributed by atoms with Crippen LogP contribution in [-0.4, -0.2) is 33.8 Å². The zero-order valence-electron chi connectivity index (χ0n) is 13.5. The van der Waals surface area contributed by atoms with E-state index >= 15 is 0 Å². The number of imide groups is 1. The maximum Gasteiger partial charge on any atom is 0.325 e. The van der Waals surface area contributed by atoms with Gasteiger partial charge < -0.3 is 15.1 Å². The monoisotopic (exact) mass is 342 g/mol. The maximum atomic E-state index is 12.3. The van der Waals surface area contributed by atoms with Gasteiger partial charge in [-0.05, 0) is 30.7 Å². The molecule has 1 aliphatic rings. The summed E-state index contributed by atoms with van der Waals surface area (Å²) in [4.78, 5) is 41.3. The van der Waals surface area contributed by atoms with E-state index in [0.29, 0.717) is 12.3 Å². The van der Waals surface area contributed by atoms with E-state index in [2.05, 4.69) is 15.6 Å². The molecule has 0 bridgehead atoms. The first kappa shape index (κ1) is 16.7. The van der Waals surface area contributed by atoms with Crippen molar-refractivity contribution in [2.24, 2.45) is 0 Å². The molecule has 3 heterocycles. The lowest BCUT2D eigenvalue weighted by atomic mass is 10.1. The molecule has 130 valence electrons. The highest BCUT2D eigenvalue weighted by Gasteiger charge is 2.38. The highest BCUT2D eigenvalue weighted by molar-refractivity contribution is 6.04. The van der Waals surface area contributed by atoms with Gasteiger partial charge in [0.15, 0.2) is 0 Å². The Labute approximate surface area is 144 Å². The van der Waals surface area contributed by atoms with Gasteiger partial charge in [0.05, 0.1) is 25.0 Å². The van der Waals surface area contributed by atoms with E-state index in [1.54, 1.807) is 24.4 Å². The van der Waals surface area contributed by atoms with Crippen molar-refractivity contribution < 1.29 is 18.8 Å². The number of nitrogens with zero attached hydrogens (tertiary/aromatic N) is 2. The number of carbonyl (C=O) groups excluding carboxylic acids is 3. The predicted molar refractivity (Wildman–Crippen MR) is 86.9 cm³/mol. The van der Waals surface area contributed by atoms with Crippen molar-refractivity contribution in [3.63, 3.8) is 0 Å². The first-order valence-corrected chi connectivity index (χ1v) is 7.94. The van der Waals surface area contributed by atoms with E-state index in [1.165, 1.54) is 6.26 Å². The fourth-order valence-corrected chi connectivity index (χ4v) is 2.54. The fourth-order valence-electron chi connectivity index (χ4n) is 2.54. The van der Waals surface area contributed by atoms with Crippen molar-refractivity contribution in [2.45, 2.75) is 32.0 Å². The Kier molecular flexibility index (Phi) is 5.08. The van der Waals surface area contributed by atoms with Crippen LogP contribution in [0.25, 0.3) is 0 Å². The molecule has 1 atom stereocenters. The van der Waals surface area contributed by atoms with Crippen LogP contribution in [-0.2, 0) is 22.7 Å². The highest BCUT2D eigenvalue weighted by atomic mass is 16.3. The van der Waals surface area contributed by atoms with Crippen molar-refractivity contribution in [1.29, 1.82) is 0 Å². The first-order chi connectivity index (χ1) is 12.1. The van der Waals surface area contributed by atoms with Crippen molar-refractivity contribution in [3.8, 4) is 0 Å². The average Bonchev–Trinajstić information content (AvgIpc) is 3.23. The summed E-state index contributed by atoms with van der Waals surface area (Å²) in [6.45, 7) is 0.412. The van der Waals surface area contributed by atoms with E-state index in [9.17, 15) is 14.4 Å². The molecule has 8 heteroatoms. The Morgan fingerprint density at radius 1 is 1.28 bits per heavy atom. The third-order valence-electron chi connectivity index (χ3n) is 3.85. The molecule has 3 rings (SSSR count). The summed E-state index contributed by atoms with van der Waals surface area (Å²) in [5.74, 6) is -0.0200. The lowest BCUT2D eigenvalue weighted by Gasteiger charge is -2.11. The number of urea groups is 1. The number of carbonyl (C=O) groups is 3. The summed E-state index contributed by atoms with van der Waals surface area (Å²) >= 11 is 0. The lowest BCUT2D eigenvalue weighted by Crippen LogP contribution is -2.32. The van der Waals surface area contributed by atoms with Crippen LogP contribution in [0.3, 0.4) is 0 Å². The quantitative estimate of drug-likeness (QED) is 0.736. The standard InChI is InChI=1S/C17H18N4O4/c22-15(19-10-12-4-1-2-8-18-12)7-6-14-16(23)21(17(24)20-14)11-13-5-3-9-25-13/h1-5,8-9,14H,6-7,10-11H2,(H,19,22)(H,20,24). The second-order valence-corrected chi connectivity index (χ2v) is 5.64. The number of amides is 4. The normalized spacial score (nSPS) is 16.8. The molecule has 8 nitrogen and oxygen atoms in total. The smallest absolute Gasteiger partial charge is 0.325 e. The third kappa shape index (κ3) is 4.23. The van der Waals surface area contributed by atoms with E-state index in [4.69, 9.17) is 4.42 Å². The van der Waals surface area contributed by atoms with Crippen LogP contribution in [0, 0.1) is 0 Å². The molecule has 1 fully saturated rings. The van der Waals surface area contributed by atoms with Crippen LogP contribution in [0.15, 0.2) is 47.2 Å². The molecule has 0 radical (unpaired) electrons. The molecule has 0 aromatic carbocycles. The highest BCUT2D eigenvalue weighted by Crippen LogP contribution is 2.15. The molecule has 1 unspecified atom stereocenters. The van der Waals surface area contributed by atoms with Gasteiger partial charge in [0.25, 0.3) is 5.91 Å². The maximum absolute atomic E-state index is 12.3. The molecule has 1 saturated heterocycles. The van der Waals surface area contributed by atoms with E-state index in [1.807, 2.05) is 12.1 Å². The number of nitrogens with one attached hydrogen (secondary N) is 2. The SMILES string of the molecule is O=C(CCC1NC(=O)N(Cc2ccco2)C1=O)NCc1ccccn1. The van der Waals surface area contributed by atoms with E-state index in [-0.39, 0.29) is 31.2 Å². The van der Waals surface area contributed by atoms with Crippen LogP contribution in [0.5, 0.6) is 0 Å². The molecule has 0 saturated carbocycles. The van der Waals surface area contributed by atoms with E-state index in [0.717, 1.165) is 10.6 Å². The van der Waals surface area contributed by atoms with Gasteiger partial charge in [0.1, 0.15) is 11.8 Å². The zero-order valence-corrected chi connectivity index (χ0v) is 13.5. The Morgan fingerprint density at radius 2 is 2.16 bits per heavy atom. The summed E-state index contributed by atoms with van der Waals surface area (Å²) < 4.78 is 5.16. The van der Waals surface area contributed by atoms with Crippen molar-refractivity contribution in [3.05, 3.63) is 54.2 Å². The number of aromatic nitrogens is 1. The van der Waals surface area contributed by atoms with Gasteiger partial charge in [-0.2, -0.15) is 0 Å². The van der Waals surface area contributed by atoms with Crippen molar-refractivity contribution in [2.75, 3.05) is 0 Å². The molecule has 2 N–H and O–H groups in total. The Bertz CT molecular complexity index is 745. The van der Waals surface area contributed by atoms with Crippen LogP contribution < -0.4 is 10.6 Å². The summed E-state index contributed by atoms with van der Waals surface area (Å²) in [7, 11) is 0. The van der Waals surface area contributed by atoms with Crippen LogP contribution in [0.1, 0.15) is 24.3 Å². The Balaban J connectivity index is 1.46. The van der Waals surface area contributed by atoms with Crippen LogP contribution in [0.4, 0.5) is 4.79 Å². The lowest BCUT2D eigenvalue weighted by molar-refractivity contribution is -0.128. The number of hydrogen-bond donors (Lipinski definition) is 2. The molecule has 4 amide bonds. The first-order valence-electron chi connectivity index (χ1n) is 7.94. The summed E-state index contributed by atoms with van der Waals surface area (Å²) in [5, 5.41) is 5.34. The minimum atomic E-state index is -0.692. The molecule has 0 spiro atoms. The Hall–Kier alpha value is -3.16. The molecule has 2 aromatic heterocycles. The van der Waals surface area contributed by atoms with Gasteiger partial charge in [-0.25, -0.2) is 4.79 Å². The van der Waals surface area contributed by atoms with Gasteiger partial charge in [-0.3, -0.25) is 19.5 Å². The van der Waals surface area contributed by atoms with Gasteiger partial charge in [0.2, 0.25) is 5.91 Å². The second kappa shape index (κ2) is 7.61. The summed E-state index contributed by atoms with van der Waals surface area (Å²) in [6, 6.07) is 7.68. The number of hydrogen-bond acceptors (Lipinski definition) is 5. The topological polar surface area (TPSA) is 105 Å². The van der Waals surface area contributed by atoms with E-state index < -0.39 is 12.1 Å². The molecule has 2 aromatic rings. The van der Waals surface area contributed by atoms with Gasteiger partial charge in [-0.15, -0.1) is 0 Å². The second-order valence-electron chi connectivity index (χ2n) is 5.64. The molecular formula is C17H18N4O4. The van der Waals surface area contributed by atoms with Gasteiger partial charge in [-0.1, -0.05) is 6.07 Å². The fraction of sp³-hybridized carbons (Fsp3) is 0.294. The van der Waals surface area contributed by atoms with Crippen LogP contribution >= 0.6 is 0 Å². The minimum Gasteiger partial charge on any atom is -0.467 e. The minimum absolute atomic E-state index is 0.0834. The molecule has 25 heavy (non-hydrogen) atoms. The zero-order chi connectivity index (χ0) is 17.6.